The van der Waals surface area contributed by atoms with Crippen molar-refractivity contribution >= 4 is 11.5 Å². The van der Waals surface area contributed by atoms with Crippen LogP contribution in [0.5, 0.6) is 0 Å². The fourth-order valence-electron chi connectivity index (χ4n) is 3.39. The van der Waals surface area contributed by atoms with Gasteiger partial charge in [0.05, 0.1) is 5.69 Å². The molecule has 0 spiro atoms. The maximum Gasteiger partial charge on any atom is 0.151 e. The second-order valence-corrected chi connectivity index (χ2v) is 6.58. The summed E-state index contributed by atoms with van der Waals surface area (Å²) in [6.45, 7) is 12.4. The number of nitrogen functional groups attached to an aromatic ring is 1. The molecular formula is C18H32N4. The summed E-state index contributed by atoms with van der Waals surface area (Å²) in [6, 6.07) is 2.03. The van der Waals surface area contributed by atoms with E-state index in [0.29, 0.717) is 0 Å². The third kappa shape index (κ3) is 4.60. The molecule has 1 saturated heterocycles. The monoisotopic (exact) mass is 304 g/mol. The van der Waals surface area contributed by atoms with E-state index in [0.717, 1.165) is 36.1 Å². The molecule has 1 fully saturated rings. The Kier molecular flexibility index (Phi) is 6.49. The van der Waals surface area contributed by atoms with E-state index in [-0.39, 0.29) is 0 Å². The fraction of sp³-hybridized carbons (Fsp3) is 0.722. The minimum absolute atomic E-state index is 0.818. The molecule has 1 aliphatic rings. The van der Waals surface area contributed by atoms with Crippen molar-refractivity contribution in [3.05, 3.63) is 17.8 Å². The first kappa shape index (κ1) is 17.1. The maximum absolute atomic E-state index is 6.13. The van der Waals surface area contributed by atoms with Crippen LogP contribution in [0.1, 0.15) is 45.1 Å². The summed E-state index contributed by atoms with van der Waals surface area (Å²) in [4.78, 5) is 9.46. The molecule has 1 aliphatic heterocycles. The Bertz CT molecular complexity index is 452. The number of anilines is 2. The van der Waals surface area contributed by atoms with E-state index in [1.54, 1.807) is 0 Å². The lowest BCUT2D eigenvalue weighted by molar-refractivity contribution is 0.249. The fourth-order valence-corrected chi connectivity index (χ4v) is 3.39. The molecule has 124 valence electrons. The molecule has 2 heterocycles. The first-order valence-corrected chi connectivity index (χ1v) is 8.83. The summed E-state index contributed by atoms with van der Waals surface area (Å²) >= 11 is 0. The van der Waals surface area contributed by atoms with Crippen LogP contribution in [0.15, 0.2) is 12.3 Å². The van der Waals surface area contributed by atoms with Crippen LogP contribution < -0.4 is 10.6 Å². The van der Waals surface area contributed by atoms with Crippen LogP contribution in [0, 0.1) is 12.8 Å². The highest BCUT2D eigenvalue weighted by atomic mass is 15.2. The van der Waals surface area contributed by atoms with Crippen molar-refractivity contribution in [2.45, 2.75) is 46.5 Å². The van der Waals surface area contributed by atoms with Gasteiger partial charge in [-0.3, -0.25) is 0 Å². The van der Waals surface area contributed by atoms with Gasteiger partial charge in [-0.15, -0.1) is 0 Å². The van der Waals surface area contributed by atoms with Gasteiger partial charge >= 0.3 is 0 Å². The molecule has 0 bridgehead atoms. The Morgan fingerprint density at radius 2 is 2.00 bits per heavy atom. The SMILES string of the molecule is CCCN(CC)CCC1CCN(c2ncc(C)cc2N)CC1. The summed E-state index contributed by atoms with van der Waals surface area (Å²) in [5.74, 6) is 1.83. The first-order valence-electron chi connectivity index (χ1n) is 8.83. The number of hydrogen-bond donors (Lipinski definition) is 1. The van der Waals surface area contributed by atoms with Crippen molar-refractivity contribution in [2.75, 3.05) is 43.4 Å². The lowest BCUT2D eigenvalue weighted by Gasteiger charge is -2.34. The molecule has 1 aromatic heterocycles. The molecule has 22 heavy (non-hydrogen) atoms. The average molecular weight is 304 g/mol. The summed E-state index contributed by atoms with van der Waals surface area (Å²) in [7, 11) is 0. The van der Waals surface area contributed by atoms with Crippen molar-refractivity contribution in [2.24, 2.45) is 5.92 Å². The smallest absolute Gasteiger partial charge is 0.151 e. The Balaban J connectivity index is 1.80. The van der Waals surface area contributed by atoms with Crippen molar-refractivity contribution in [3.63, 3.8) is 0 Å². The summed E-state index contributed by atoms with van der Waals surface area (Å²) in [5.41, 5.74) is 8.08. The Morgan fingerprint density at radius 1 is 1.27 bits per heavy atom. The molecular weight excluding hydrogens is 272 g/mol. The second-order valence-electron chi connectivity index (χ2n) is 6.58. The minimum atomic E-state index is 0.818. The van der Waals surface area contributed by atoms with E-state index in [2.05, 4.69) is 28.6 Å². The van der Waals surface area contributed by atoms with Crippen LogP contribution in [-0.4, -0.2) is 42.6 Å². The van der Waals surface area contributed by atoms with Gasteiger partial charge < -0.3 is 15.5 Å². The van der Waals surface area contributed by atoms with Crippen LogP contribution in [0.3, 0.4) is 0 Å². The van der Waals surface area contributed by atoms with Gasteiger partial charge in [-0.1, -0.05) is 13.8 Å². The minimum Gasteiger partial charge on any atom is -0.396 e. The third-order valence-corrected chi connectivity index (χ3v) is 4.79. The Labute approximate surface area is 135 Å². The summed E-state index contributed by atoms with van der Waals surface area (Å²) in [5, 5.41) is 0. The van der Waals surface area contributed by atoms with Crippen molar-refractivity contribution in [1.29, 1.82) is 0 Å². The summed E-state index contributed by atoms with van der Waals surface area (Å²) < 4.78 is 0. The highest BCUT2D eigenvalue weighted by Crippen LogP contribution is 2.28. The maximum atomic E-state index is 6.13. The molecule has 1 aromatic rings. The normalized spacial score (nSPS) is 16.5. The van der Waals surface area contributed by atoms with Crippen LogP contribution >= 0.6 is 0 Å². The van der Waals surface area contributed by atoms with Crippen molar-refractivity contribution in [1.82, 2.24) is 9.88 Å². The van der Waals surface area contributed by atoms with Crippen molar-refractivity contribution < 1.29 is 0 Å². The number of nitrogens with zero attached hydrogens (tertiary/aromatic N) is 3. The number of pyridine rings is 1. The number of rotatable bonds is 7. The molecule has 4 heteroatoms. The predicted molar refractivity (Wildman–Crippen MR) is 95.3 cm³/mol. The van der Waals surface area contributed by atoms with Crippen LogP contribution in [0.4, 0.5) is 11.5 Å². The van der Waals surface area contributed by atoms with E-state index in [1.165, 1.54) is 45.3 Å². The lowest BCUT2D eigenvalue weighted by atomic mass is 9.93. The standard InChI is InChI=1S/C18H32N4/c1-4-9-21(5-2)10-6-16-7-11-22(12-8-16)18-17(19)13-15(3)14-20-18/h13-14,16H,4-12,19H2,1-3H3. The van der Waals surface area contributed by atoms with E-state index < -0.39 is 0 Å². The molecule has 4 nitrogen and oxygen atoms in total. The molecule has 0 aromatic carbocycles. The van der Waals surface area contributed by atoms with E-state index >= 15 is 0 Å². The van der Waals surface area contributed by atoms with Gasteiger partial charge in [0.2, 0.25) is 0 Å². The second kappa shape index (κ2) is 8.37. The van der Waals surface area contributed by atoms with E-state index in [1.807, 2.05) is 19.2 Å². The van der Waals surface area contributed by atoms with Gasteiger partial charge in [-0.25, -0.2) is 4.98 Å². The largest absolute Gasteiger partial charge is 0.396 e. The van der Waals surface area contributed by atoms with Gasteiger partial charge in [-0.05, 0) is 69.8 Å². The van der Waals surface area contributed by atoms with Gasteiger partial charge in [0.15, 0.2) is 5.82 Å². The zero-order chi connectivity index (χ0) is 15.9. The molecule has 0 atom stereocenters. The molecule has 0 amide bonds. The number of aromatic nitrogens is 1. The summed E-state index contributed by atoms with van der Waals surface area (Å²) in [6.07, 6.45) is 7.03. The van der Waals surface area contributed by atoms with Gasteiger partial charge in [0.25, 0.3) is 0 Å². The zero-order valence-electron chi connectivity index (χ0n) is 14.5. The number of aryl methyl sites for hydroxylation is 1. The van der Waals surface area contributed by atoms with Crippen LogP contribution in [-0.2, 0) is 0 Å². The molecule has 0 saturated carbocycles. The molecule has 2 N–H and O–H groups in total. The van der Waals surface area contributed by atoms with Crippen molar-refractivity contribution in [3.8, 4) is 0 Å². The quantitative estimate of drug-likeness (QED) is 0.839. The van der Waals surface area contributed by atoms with Gasteiger partial charge in [0.1, 0.15) is 0 Å². The highest BCUT2D eigenvalue weighted by molar-refractivity contribution is 5.63. The van der Waals surface area contributed by atoms with Gasteiger partial charge in [0, 0.05) is 19.3 Å². The van der Waals surface area contributed by atoms with Crippen LogP contribution in [0.2, 0.25) is 0 Å². The molecule has 0 radical (unpaired) electrons. The lowest BCUT2D eigenvalue weighted by Crippen LogP contribution is -2.36. The molecule has 2 rings (SSSR count). The molecule has 0 unspecified atom stereocenters. The number of piperidine rings is 1. The van der Waals surface area contributed by atoms with E-state index in [9.17, 15) is 0 Å². The Morgan fingerprint density at radius 3 is 2.59 bits per heavy atom. The first-order chi connectivity index (χ1) is 10.6. The zero-order valence-corrected chi connectivity index (χ0v) is 14.5. The predicted octanol–water partition coefficient (Wildman–Crippen LogP) is 3.31. The third-order valence-electron chi connectivity index (χ3n) is 4.79. The van der Waals surface area contributed by atoms with E-state index in [4.69, 9.17) is 5.73 Å². The topological polar surface area (TPSA) is 45.4 Å². The molecule has 0 aliphatic carbocycles. The van der Waals surface area contributed by atoms with Gasteiger partial charge in [-0.2, -0.15) is 0 Å². The average Bonchev–Trinajstić information content (AvgIpc) is 2.52. The number of nitrogens with two attached hydrogens (primary N) is 1. The number of hydrogen-bond acceptors (Lipinski definition) is 4. The Hall–Kier alpha value is -1.29. The highest BCUT2D eigenvalue weighted by Gasteiger charge is 2.21. The van der Waals surface area contributed by atoms with Crippen LogP contribution in [0.25, 0.3) is 0 Å².